The molecular weight excluding hydrogens is 352 g/mol. The number of benzene rings is 1. The third-order valence-electron chi connectivity index (χ3n) is 3.57. The maximum absolute atomic E-state index is 12.3. The van der Waals surface area contributed by atoms with E-state index in [0.717, 1.165) is 11.1 Å². The third kappa shape index (κ3) is 8.37. The maximum atomic E-state index is 12.3. The molecule has 1 rings (SSSR count). The van der Waals surface area contributed by atoms with Crippen LogP contribution in [-0.2, 0) is 25.7 Å². The van der Waals surface area contributed by atoms with Crippen LogP contribution in [0.3, 0.4) is 0 Å². The SMILES string of the molecule is COC(=O)[C@H](CC=C(C)C)NC(=O)[C@H](CO)NC(=O)OCc1ccccc1. The molecule has 0 saturated heterocycles. The summed E-state index contributed by atoms with van der Waals surface area (Å²) in [7, 11) is 1.22. The number of ether oxygens (including phenoxy) is 2. The predicted octanol–water partition coefficient (Wildman–Crippen LogP) is 1.29. The quantitative estimate of drug-likeness (QED) is 0.441. The van der Waals surface area contributed by atoms with Crippen LogP contribution in [0.15, 0.2) is 42.0 Å². The number of aliphatic hydroxyl groups is 1. The number of alkyl carbamates (subject to hydrolysis) is 1. The Morgan fingerprint density at radius 3 is 2.33 bits per heavy atom. The van der Waals surface area contributed by atoms with Gasteiger partial charge in [-0.2, -0.15) is 0 Å². The molecule has 0 aromatic heterocycles. The minimum atomic E-state index is -1.26. The molecule has 2 atom stereocenters. The van der Waals surface area contributed by atoms with Crippen molar-refractivity contribution >= 4 is 18.0 Å². The van der Waals surface area contributed by atoms with Gasteiger partial charge in [-0.1, -0.05) is 42.0 Å². The second-order valence-electron chi connectivity index (χ2n) is 6.04. The summed E-state index contributed by atoms with van der Waals surface area (Å²) >= 11 is 0. The van der Waals surface area contributed by atoms with Gasteiger partial charge in [-0.25, -0.2) is 9.59 Å². The van der Waals surface area contributed by atoms with E-state index in [1.54, 1.807) is 30.3 Å². The fraction of sp³-hybridized carbons (Fsp3) is 0.421. The lowest BCUT2D eigenvalue weighted by molar-refractivity contribution is -0.145. The van der Waals surface area contributed by atoms with E-state index < -0.39 is 36.7 Å². The van der Waals surface area contributed by atoms with Crippen molar-refractivity contribution in [3.8, 4) is 0 Å². The van der Waals surface area contributed by atoms with Gasteiger partial charge >= 0.3 is 12.1 Å². The predicted molar refractivity (Wildman–Crippen MR) is 98.6 cm³/mol. The smallest absolute Gasteiger partial charge is 0.408 e. The van der Waals surface area contributed by atoms with E-state index in [1.165, 1.54) is 7.11 Å². The Hall–Kier alpha value is -2.87. The molecule has 8 nitrogen and oxygen atoms in total. The highest BCUT2D eigenvalue weighted by Crippen LogP contribution is 2.03. The van der Waals surface area contributed by atoms with Gasteiger partial charge in [-0.3, -0.25) is 4.79 Å². The first-order valence-electron chi connectivity index (χ1n) is 8.47. The summed E-state index contributed by atoms with van der Waals surface area (Å²) in [5.74, 6) is -1.34. The molecular formula is C19H26N2O6. The molecule has 27 heavy (non-hydrogen) atoms. The van der Waals surface area contributed by atoms with Crippen molar-refractivity contribution in [2.45, 2.75) is 39.0 Å². The average Bonchev–Trinajstić information content (AvgIpc) is 2.67. The highest BCUT2D eigenvalue weighted by Gasteiger charge is 2.26. The zero-order valence-electron chi connectivity index (χ0n) is 15.7. The Bertz CT molecular complexity index is 655. The van der Waals surface area contributed by atoms with E-state index in [4.69, 9.17) is 4.74 Å². The van der Waals surface area contributed by atoms with Crippen molar-refractivity contribution in [2.24, 2.45) is 0 Å². The van der Waals surface area contributed by atoms with Crippen molar-refractivity contribution in [3.05, 3.63) is 47.5 Å². The van der Waals surface area contributed by atoms with Gasteiger partial charge in [0.1, 0.15) is 18.7 Å². The first-order valence-corrected chi connectivity index (χ1v) is 8.47. The summed E-state index contributed by atoms with van der Waals surface area (Å²) in [6, 6.07) is 6.84. The summed E-state index contributed by atoms with van der Waals surface area (Å²) in [5, 5.41) is 14.1. The summed E-state index contributed by atoms with van der Waals surface area (Å²) in [4.78, 5) is 36.0. The fourth-order valence-electron chi connectivity index (χ4n) is 2.08. The van der Waals surface area contributed by atoms with Crippen LogP contribution in [0.5, 0.6) is 0 Å². The molecule has 148 valence electrons. The average molecular weight is 378 g/mol. The summed E-state index contributed by atoms with van der Waals surface area (Å²) in [5.41, 5.74) is 1.75. The Kier molecular flexibility index (Phi) is 9.60. The molecule has 0 fully saturated rings. The van der Waals surface area contributed by atoms with Crippen LogP contribution in [0.1, 0.15) is 25.8 Å². The van der Waals surface area contributed by atoms with Gasteiger partial charge in [-0.15, -0.1) is 0 Å². The normalized spacial score (nSPS) is 12.3. The number of amides is 2. The number of aliphatic hydroxyl groups excluding tert-OH is 1. The highest BCUT2D eigenvalue weighted by atomic mass is 16.5. The monoisotopic (exact) mass is 378 g/mol. The molecule has 1 aromatic rings. The van der Waals surface area contributed by atoms with Gasteiger partial charge in [0.15, 0.2) is 0 Å². The lowest BCUT2D eigenvalue weighted by Gasteiger charge is -2.20. The number of carbonyl (C=O) groups excluding carboxylic acids is 3. The van der Waals surface area contributed by atoms with E-state index in [-0.39, 0.29) is 13.0 Å². The van der Waals surface area contributed by atoms with Crippen LogP contribution >= 0.6 is 0 Å². The summed E-state index contributed by atoms with van der Waals surface area (Å²) < 4.78 is 9.69. The molecule has 0 aliphatic rings. The van der Waals surface area contributed by atoms with E-state index in [2.05, 4.69) is 15.4 Å². The van der Waals surface area contributed by atoms with E-state index in [1.807, 2.05) is 19.9 Å². The molecule has 2 amide bonds. The number of esters is 1. The lowest BCUT2D eigenvalue weighted by atomic mass is 10.1. The van der Waals surface area contributed by atoms with Gasteiger partial charge in [-0.05, 0) is 25.8 Å². The van der Waals surface area contributed by atoms with Crippen molar-refractivity contribution in [1.82, 2.24) is 10.6 Å². The van der Waals surface area contributed by atoms with Crippen LogP contribution in [-0.4, -0.2) is 48.9 Å². The zero-order chi connectivity index (χ0) is 20.2. The van der Waals surface area contributed by atoms with Crippen LogP contribution < -0.4 is 10.6 Å². The number of rotatable bonds is 9. The number of hydrogen-bond acceptors (Lipinski definition) is 6. The Morgan fingerprint density at radius 1 is 1.11 bits per heavy atom. The van der Waals surface area contributed by atoms with Crippen molar-refractivity contribution in [3.63, 3.8) is 0 Å². The standard InChI is InChI=1S/C19H26N2O6/c1-13(2)9-10-15(18(24)26-3)20-17(23)16(11-22)21-19(25)27-12-14-7-5-4-6-8-14/h4-9,15-16,22H,10-12H2,1-3H3,(H,20,23)(H,21,25)/t15-,16-/m0/s1. The number of allylic oxidation sites excluding steroid dienone is 1. The molecule has 0 aliphatic carbocycles. The maximum Gasteiger partial charge on any atom is 0.408 e. The fourth-order valence-corrected chi connectivity index (χ4v) is 2.08. The minimum absolute atomic E-state index is 0.0256. The molecule has 0 unspecified atom stereocenters. The van der Waals surface area contributed by atoms with E-state index in [0.29, 0.717) is 0 Å². The molecule has 0 heterocycles. The van der Waals surface area contributed by atoms with Gasteiger partial charge in [0.25, 0.3) is 0 Å². The van der Waals surface area contributed by atoms with Gasteiger partial charge in [0.05, 0.1) is 13.7 Å². The number of hydrogen-bond donors (Lipinski definition) is 3. The van der Waals surface area contributed by atoms with Gasteiger partial charge in [0, 0.05) is 0 Å². The molecule has 0 radical (unpaired) electrons. The van der Waals surface area contributed by atoms with E-state index >= 15 is 0 Å². The molecule has 0 spiro atoms. The summed E-state index contributed by atoms with van der Waals surface area (Å²) in [6.07, 6.45) is 1.15. The van der Waals surface area contributed by atoms with Crippen LogP contribution in [0, 0.1) is 0 Å². The number of methoxy groups -OCH3 is 1. The zero-order valence-corrected chi connectivity index (χ0v) is 15.7. The molecule has 0 bridgehead atoms. The number of nitrogens with one attached hydrogen (secondary N) is 2. The van der Waals surface area contributed by atoms with Crippen LogP contribution in [0.4, 0.5) is 4.79 Å². The van der Waals surface area contributed by atoms with Crippen molar-refractivity contribution in [2.75, 3.05) is 13.7 Å². The minimum Gasteiger partial charge on any atom is -0.467 e. The molecule has 1 aromatic carbocycles. The van der Waals surface area contributed by atoms with Crippen molar-refractivity contribution in [1.29, 1.82) is 0 Å². The first kappa shape index (κ1) is 22.2. The Balaban J connectivity index is 2.61. The topological polar surface area (TPSA) is 114 Å². The second-order valence-corrected chi connectivity index (χ2v) is 6.04. The first-order chi connectivity index (χ1) is 12.9. The highest BCUT2D eigenvalue weighted by molar-refractivity contribution is 5.89. The molecule has 0 aliphatic heterocycles. The Morgan fingerprint density at radius 2 is 1.78 bits per heavy atom. The molecule has 8 heteroatoms. The largest absolute Gasteiger partial charge is 0.467 e. The van der Waals surface area contributed by atoms with Crippen molar-refractivity contribution < 1.29 is 29.0 Å². The number of carbonyl (C=O) groups is 3. The van der Waals surface area contributed by atoms with Crippen LogP contribution in [0.2, 0.25) is 0 Å². The lowest BCUT2D eigenvalue weighted by Crippen LogP contribution is -2.53. The molecule has 0 saturated carbocycles. The van der Waals surface area contributed by atoms with Crippen LogP contribution in [0.25, 0.3) is 0 Å². The second kappa shape index (κ2) is 11.7. The third-order valence-corrected chi connectivity index (χ3v) is 3.57. The van der Waals surface area contributed by atoms with E-state index in [9.17, 15) is 19.5 Å². The Labute approximate surface area is 158 Å². The van der Waals surface area contributed by atoms with Gasteiger partial charge < -0.3 is 25.2 Å². The summed E-state index contributed by atoms with van der Waals surface area (Å²) in [6.45, 7) is 3.09. The van der Waals surface area contributed by atoms with Gasteiger partial charge in [0.2, 0.25) is 5.91 Å². The molecule has 3 N–H and O–H groups in total.